The number of ether oxygens (including phenoxy) is 2. The van der Waals surface area contributed by atoms with Gasteiger partial charge in [0.05, 0.1) is 12.8 Å². The number of rotatable bonds is 6. The van der Waals surface area contributed by atoms with Crippen LogP contribution >= 0.6 is 0 Å². The third-order valence-corrected chi connectivity index (χ3v) is 4.46. The second kappa shape index (κ2) is 8.06. The van der Waals surface area contributed by atoms with Gasteiger partial charge in [0.2, 0.25) is 0 Å². The fraction of sp³-hybridized carbons (Fsp3) is 0.130. The maximum absolute atomic E-state index is 12.6. The van der Waals surface area contributed by atoms with Gasteiger partial charge in [-0.3, -0.25) is 4.79 Å². The van der Waals surface area contributed by atoms with E-state index in [1.54, 1.807) is 31.4 Å². The molecule has 0 fully saturated rings. The molecule has 0 saturated carbocycles. The summed E-state index contributed by atoms with van der Waals surface area (Å²) in [6.07, 6.45) is 3.97. The van der Waals surface area contributed by atoms with Gasteiger partial charge in [-0.15, -0.1) is 0 Å². The first-order chi connectivity index (χ1) is 14.1. The van der Waals surface area contributed by atoms with Gasteiger partial charge < -0.3 is 19.2 Å². The fourth-order valence-corrected chi connectivity index (χ4v) is 3.01. The van der Waals surface area contributed by atoms with Crippen LogP contribution in [0.5, 0.6) is 11.5 Å². The van der Waals surface area contributed by atoms with Gasteiger partial charge in [-0.05, 0) is 48.9 Å². The molecule has 2 aromatic carbocycles. The molecule has 0 bridgehead atoms. The highest BCUT2D eigenvalue weighted by atomic mass is 16.5. The molecule has 0 radical (unpaired) electrons. The highest BCUT2D eigenvalue weighted by Crippen LogP contribution is 2.20. The Labute approximate surface area is 168 Å². The Morgan fingerprint density at radius 2 is 1.86 bits per heavy atom. The summed E-state index contributed by atoms with van der Waals surface area (Å²) in [7, 11) is 1.59. The quantitative estimate of drug-likeness (QED) is 0.530. The van der Waals surface area contributed by atoms with Gasteiger partial charge in [-0.25, -0.2) is 4.98 Å². The summed E-state index contributed by atoms with van der Waals surface area (Å²) < 4.78 is 13.0. The van der Waals surface area contributed by atoms with Crippen LogP contribution in [0.3, 0.4) is 0 Å². The molecule has 1 N–H and O–H groups in total. The van der Waals surface area contributed by atoms with E-state index in [9.17, 15) is 4.79 Å². The van der Waals surface area contributed by atoms with E-state index in [0.717, 1.165) is 16.9 Å². The molecule has 4 rings (SSSR count). The molecule has 0 aliphatic heterocycles. The normalized spacial score (nSPS) is 10.7. The molecular formula is C23H21N3O3. The summed E-state index contributed by atoms with van der Waals surface area (Å²) in [6.45, 7) is 2.36. The van der Waals surface area contributed by atoms with Crippen molar-refractivity contribution in [2.75, 3.05) is 12.4 Å². The molecule has 0 saturated heterocycles. The Kier molecular flexibility index (Phi) is 5.16. The molecule has 2 heterocycles. The molecule has 0 aliphatic rings. The van der Waals surface area contributed by atoms with Crippen molar-refractivity contribution in [2.24, 2.45) is 0 Å². The maximum atomic E-state index is 12.6. The third-order valence-electron chi connectivity index (χ3n) is 4.46. The first kappa shape index (κ1) is 18.6. The van der Waals surface area contributed by atoms with E-state index in [-0.39, 0.29) is 5.91 Å². The van der Waals surface area contributed by atoms with Crippen molar-refractivity contribution in [3.63, 3.8) is 0 Å². The first-order valence-corrected chi connectivity index (χ1v) is 9.23. The van der Waals surface area contributed by atoms with E-state index < -0.39 is 0 Å². The SMILES string of the molecule is COc1cccc(NC(=O)c2cccc(OCc3cn4cc(C)ccc4n3)c2)c1. The number of hydrogen-bond donors (Lipinski definition) is 1. The number of anilines is 1. The summed E-state index contributed by atoms with van der Waals surface area (Å²) in [5.74, 6) is 1.07. The van der Waals surface area contributed by atoms with Gasteiger partial charge in [0, 0.05) is 29.7 Å². The van der Waals surface area contributed by atoms with Crippen LogP contribution in [0.25, 0.3) is 5.65 Å². The number of imidazole rings is 1. The number of hydrogen-bond acceptors (Lipinski definition) is 4. The number of nitrogens with one attached hydrogen (secondary N) is 1. The van der Waals surface area contributed by atoms with Crippen molar-refractivity contribution in [2.45, 2.75) is 13.5 Å². The van der Waals surface area contributed by atoms with Crippen LogP contribution < -0.4 is 14.8 Å². The van der Waals surface area contributed by atoms with Crippen LogP contribution in [-0.2, 0) is 6.61 Å². The van der Waals surface area contributed by atoms with Crippen LogP contribution in [0.1, 0.15) is 21.6 Å². The number of carbonyl (C=O) groups excluding carboxylic acids is 1. The van der Waals surface area contributed by atoms with Crippen molar-refractivity contribution in [3.8, 4) is 11.5 Å². The topological polar surface area (TPSA) is 64.9 Å². The molecule has 146 valence electrons. The van der Waals surface area contributed by atoms with Crippen LogP contribution in [0.4, 0.5) is 5.69 Å². The monoisotopic (exact) mass is 387 g/mol. The number of carbonyl (C=O) groups is 1. The van der Waals surface area contributed by atoms with Crippen LogP contribution in [0.2, 0.25) is 0 Å². The van der Waals surface area contributed by atoms with Crippen molar-refractivity contribution in [3.05, 3.63) is 89.9 Å². The van der Waals surface area contributed by atoms with Gasteiger partial charge >= 0.3 is 0 Å². The minimum Gasteiger partial charge on any atom is -0.497 e. The van der Waals surface area contributed by atoms with Crippen molar-refractivity contribution in [1.29, 1.82) is 0 Å². The third kappa shape index (κ3) is 4.38. The molecule has 6 nitrogen and oxygen atoms in total. The predicted octanol–water partition coefficient (Wildman–Crippen LogP) is 4.48. The Balaban J connectivity index is 1.44. The molecule has 4 aromatic rings. The molecular weight excluding hydrogens is 366 g/mol. The fourth-order valence-electron chi connectivity index (χ4n) is 3.01. The van der Waals surface area contributed by atoms with Gasteiger partial charge in [-0.1, -0.05) is 18.2 Å². The van der Waals surface area contributed by atoms with E-state index >= 15 is 0 Å². The first-order valence-electron chi connectivity index (χ1n) is 9.23. The zero-order valence-electron chi connectivity index (χ0n) is 16.3. The van der Waals surface area contributed by atoms with Crippen LogP contribution in [0, 0.1) is 6.92 Å². The Hall–Kier alpha value is -3.80. The van der Waals surface area contributed by atoms with E-state index in [1.807, 2.05) is 60.1 Å². The lowest BCUT2D eigenvalue weighted by atomic mass is 10.2. The number of benzene rings is 2. The zero-order valence-corrected chi connectivity index (χ0v) is 16.3. The lowest BCUT2D eigenvalue weighted by molar-refractivity contribution is 0.102. The van der Waals surface area contributed by atoms with Gasteiger partial charge in [0.25, 0.3) is 5.91 Å². The summed E-state index contributed by atoms with van der Waals surface area (Å²) >= 11 is 0. The van der Waals surface area contributed by atoms with Crippen molar-refractivity contribution < 1.29 is 14.3 Å². The summed E-state index contributed by atoms with van der Waals surface area (Å²) in [5, 5.41) is 2.87. The lowest BCUT2D eigenvalue weighted by Gasteiger charge is -2.09. The number of aryl methyl sites for hydroxylation is 1. The smallest absolute Gasteiger partial charge is 0.255 e. The predicted molar refractivity (Wildman–Crippen MR) is 112 cm³/mol. The van der Waals surface area contributed by atoms with Crippen LogP contribution in [0.15, 0.2) is 73.1 Å². The molecule has 0 unspecified atom stereocenters. The Morgan fingerprint density at radius 1 is 1.03 bits per heavy atom. The lowest BCUT2D eigenvalue weighted by Crippen LogP contribution is -2.12. The van der Waals surface area contributed by atoms with E-state index in [0.29, 0.717) is 29.4 Å². The zero-order chi connectivity index (χ0) is 20.2. The molecule has 2 aromatic heterocycles. The molecule has 0 aliphatic carbocycles. The molecule has 1 amide bonds. The second-order valence-electron chi connectivity index (χ2n) is 6.71. The maximum Gasteiger partial charge on any atom is 0.255 e. The number of methoxy groups -OCH3 is 1. The van der Waals surface area contributed by atoms with E-state index in [2.05, 4.69) is 10.3 Å². The van der Waals surface area contributed by atoms with Gasteiger partial charge in [0.1, 0.15) is 23.8 Å². The molecule has 0 spiro atoms. The number of fused-ring (bicyclic) bond motifs is 1. The summed E-state index contributed by atoms with van der Waals surface area (Å²) in [5.41, 5.74) is 4.04. The minimum absolute atomic E-state index is 0.216. The highest BCUT2D eigenvalue weighted by molar-refractivity contribution is 6.04. The molecule has 0 atom stereocenters. The largest absolute Gasteiger partial charge is 0.497 e. The number of nitrogens with zero attached hydrogens (tertiary/aromatic N) is 2. The van der Waals surface area contributed by atoms with E-state index in [1.165, 1.54) is 0 Å². The molecule has 29 heavy (non-hydrogen) atoms. The van der Waals surface area contributed by atoms with E-state index in [4.69, 9.17) is 9.47 Å². The number of amides is 1. The standard InChI is InChI=1S/C23H21N3O3/c1-16-9-10-22-24-19(14-26(22)13-16)15-29-21-8-3-5-17(11-21)23(27)25-18-6-4-7-20(12-18)28-2/h3-14H,15H2,1-2H3,(H,25,27). The second-order valence-corrected chi connectivity index (χ2v) is 6.71. The van der Waals surface area contributed by atoms with Gasteiger partial charge in [0.15, 0.2) is 0 Å². The Morgan fingerprint density at radius 3 is 2.72 bits per heavy atom. The average Bonchev–Trinajstić information content (AvgIpc) is 3.14. The summed E-state index contributed by atoms with van der Waals surface area (Å²) in [6, 6.07) is 18.3. The molecule has 6 heteroatoms. The van der Waals surface area contributed by atoms with Crippen molar-refractivity contribution >= 4 is 17.2 Å². The number of pyridine rings is 1. The average molecular weight is 387 g/mol. The minimum atomic E-state index is -0.216. The van der Waals surface area contributed by atoms with Gasteiger partial charge in [-0.2, -0.15) is 0 Å². The number of aromatic nitrogens is 2. The van der Waals surface area contributed by atoms with Crippen molar-refractivity contribution in [1.82, 2.24) is 9.38 Å². The summed E-state index contributed by atoms with van der Waals surface area (Å²) in [4.78, 5) is 17.1. The highest BCUT2D eigenvalue weighted by Gasteiger charge is 2.09. The Bertz CT molecular complexity index is 1170. The van der Waals surface area contributed by atoms with Crippen LogP contribution in [-0.4, -0.2) is 22.4 Å².